The van der Waals surface area contributed by atoms with Crippen LogP contribution in [0.3, 0.4) is 0 Å². The number of carbonyl (C=O) groups is 1. The van der Waals surface area contributed by atoms with E-state index in [1.807, 2.05) is 39.2 Å². The number of aromatic nitrogens is 1. The van der Waals surface area contributed by atoms with Gasteiger partial charge in [-0.3, -0.25) is 14.0 Å². The smallest absolute Gasteiger partial charge is 0.264 e. The van der Waals surface area contributed by atoms with Crippen LogP contribution in [-0.2, 0) is 10.0 Å². The third kappa shape index (κ3) is 5.67. The van der Waals surface area contributed by atoms with Crippen LogP contribution < -0.4 is 13.9 Å². The molecule has 0 aliphatic carbocycles. The Hall–Kier alpha value is -3.47. The Labute approximate surface area is 228 Å². The number of thiazole rings is 1. The summed E-state index contributed by atoms with van der Waals surface area (Å²) >= 11 is 1.45. The van der Waals surface area contributed by atoms with Crippen LogP contribution in [0.15, 0.2) is 71.6 Å². The van der Waals surface area contributed by atoms with Crippen molar-refractivity contribution in [1.82, 2.24) is 9.88 Å². The number of benzene rings is 3. The zero-order valence-electron chi connectivity index (χ0n) is 22.2. The molecule has 200 valence electrons. The molecule has 3 aromatic carbocycles. The van der Waals surface area contributed by atoms with E-state index in [-0.39, 0.29) is 10.8 Å². The molecule has 1 aromatic heterocycles. The summed E-state index contributed by atoms with van der Waals surface area (Å²) < 4.78 is 34.0. The Morgan fingerprint density at radius 1 is 0.947 bits per heavy atom. The molecular weight excluding hydrogens is 520 g/mol. The average molecular weight is 553 g/mol. The lowest BCUT2D eigenvalue weighted by Gasteiger charge is -2.22. The van der Waals surface area contributed by atoms with Crippen LogP contribution in [0.1, 0.15) is 22.3 Å². The highest BCUT2D eigenvalue weighted by atomic mass is 32.2. The lowest BCUT2D eigenvalue weighted by atomic mass is 10.2. The lowest BCUT2D eigenvalue weighted by Crippen LogP contribution is -2.33. The maximum Gasteiger partial charge on any atom is 0.264 e. The zero-order chi connectivity index (χ0) is 27.4. The van der Waals surface area contributed by atoms with E-state index in [0.29, 0.717) is 28.7 Å². The number of amides is 1. The molecule has 0 spiro atoms. The first-order valence-electron chi connectivity index (χ1n) is 12.2. The first-order chi connectivity index (χ1) is 18.1. The van der Waals surface area contributed by atoms with Gasteiger partial charge < -0.3 is 9.64 Å². The first kappa shape index (κ1) is 27.6. The molecule has 0 aliphatic rings. The minimum Gasteiger partial charge on any atom is -0.494 e. The minimum atomic E-state index is -3.78. The predicted molar refractivity (Wildman–Crippen MR) is 154 cm³/mol. The van der Waals surface area contributed by atoms with Crippen molar-refractivity contribution < 1.29 is 17.9 Å². The minimum absolute atomic E-state index is 0.111. The van der Waals surface area contributed by atoms with E-state index in [0.717, 1.165) is 28.7 Å². The van der Waals surface area contributed by atoms with Crippen molar-refractivity contribution in [3.63, 3.8) is 0 Å². The number of methoxy groups -OCH3 is 1. The standard InChI is InChI=1S/C28H32N4O4S2/c1-20-12-17-24(36-5)25-26(20)37-28(29-25)32(19-9-18-30(2)3)27(33)21-13-15-23(16-14-21)38(34,35)31(4)22-10-7-6-8-11-22/h6-8,10-17H,9,18-19H2,1-5H3. The third-order valence-electron chi connectivity index (χ3n) is 6.25. The molecule has 0 saturated carbocycles. The number of hydrogen-bond acceptors (Lipinski definition) is 7. The molecule has 0 unspecified atom stereocenters. The first-order valence-corrected chi connectivity index (χ1v) is 14.4. The number of sulfonamides is 1. The van der Waals surface area contributed by atoms with Crippen LogP contribution in [-0.4, -0.2) is 65.6 Å². The van der Waals surface area contributed by atoms with E-state index >= 15 is 0 Å². The number of carbonyl (C=O) groups excluding carboxylic acids is 1. The van der Waals surface area contributed by atoms with Crippen molar-refractivity contribution in [1.29, 1.82) is 0 Å². The van der Waals surface area contributed by atoms with Gasteiger partial charge in [-0.1, -0.05) is 35.6 Å². The fraction of sp³-hybridized carbons (Fsp3) is 0.286. The molecule has 0 saturated heterocycles. The van der Waals surface area contributed by atoms with Crippen molar-refractivity contribution in [2.24, 2.45) is 0 Å². The number of hydrogen-bond donors (Lipinski definition) is 0. The van der Waals surface area contributed by atoms with Crippen molar-refractivity contribution in [3.8, 4) is 5.75 Å². The molecule has 0 aliphatic heterocycles. The second-order valence-corrected chi connectivity index (χ2v) is 12.2. The summed E-state index contributed by atoms with van der Waals surface area (Å²) in [7, 11) is 3.32. The second-order valence-electron chi connectivity index (χ2n) is 9.20. The highest BCUT2D eigenvalue weighted by Crippen LogP contribution is 2.37. The van der Waals surface area contributed by atoms with Crippen LogP contribution in [0.4, 0.5) is 10.8 Å². The van der Waals surface area contributed by atoms with Gasteiger partial charge in [0.15, 0.2) is 5.13 Å². The monoisotopic (exact) mass is 552 g/mol. The van der Waals surface area contributed by atoms with Gasteiger partial charge >= 0.3 is 0 Å². The molecule has 10 heteroatoms. The summed E-state index contributed by atoms with van der Waals surface area (Å²) in [5.74, 6) is 0.422. The fourth-order valence-corrected chi connectivity index (χ4v) is 6.34. The van der Waals surface area contributed by atoms with E-state index in [4.69, 9.17) is 9.72 Å². The van der Waals surface area contributed by atoms with E-state index in [1.54, 1.807) is 48.4 Å². The third-order valence-corrected chi connectivity index (χ3v) is 9.27. The van der Waals surface area contributed by atoms with Gasteiger partial charge in [0.05, 0.1) is 22.4 Å². The highest BCUT2D eigenvalue weighted by Gasteiger charge is 2.25. The van der Waals surface area contributed by atoms with Gasteiger partial charge in [0.1, 0.15) is 11.3 Å². The van der Waals surface area contributed by atoms with Gasteiger partial charge in [-0.2, -0.15) is 0 Å². The molecule has 38 heavy (non-hydrogen) atoms. The SMILES string of the molecule is COc1ccc(C)c2sc(N(CCCN(C)C)C(=O)c3ccc(S(=O)(=O)N(C)c4ccccc4)cc3)nc12. The van der Waals surface area contributed by atoms with Crippen LogP contribution in [0.5, 0.6) is 5.75 Å². The summed E-state index contributed by atoms with van der Waals surface area (Å²) in [6, 6.07) is 18.8. The summed E-state index contributed by atoms with van der Waals surface area (Å²) in [6.07, 6.45) is 0.749. The molecule has 0 bridgehead atoms. The Bertz CT molecular complexity index is 1520. The molecule has 4 rings (SSSR count). The van der Waals surface area contributed by atoms with Crippen LogP contribution in [0.25, 0.3) is 10.2 Å². The molecule has 0 radical (unpaired) electrons. The molecule has 0 atom stereocenters. The number of ether oxygens (including phenoxy) is 1. The van der Waals surface area contributed by atoms with Gasteiger partial charge in [0.25, 0.3) is 15.9 Å². The van der Waals surface area contributed by atoms with Gasteiger partial charge in [-0.25, -0.2) is 13.4 Å². The molecular formula is C28H32N4O4S2. The number of aryl methyl sites for hydroxylation is 1. The molecule has 1 heterocycles. The summed E-state index contributed by atoms with van der Waals surface area (Å²) in [4.78, 5) is 22.4. The van der Waals surface area contributed by atoms with Gasteiger partial charge in [-0.15, -0.1) is 0 Å². The Kier molecular flexibility index (Phi) is 8.35. The summed E-state index contributed by atoms with van der Waals surface area (Å²) in [5, 5.41) is 0.580. The van der Waals surface area contributed by atoms with E-state index in [9.17, 15) is 13.2 Å². The zero-order valence-corrected chi connectivity index (χ0v) is 23.8. The van der Waals surface area contributed by atoms with Crippen molar-refractivity contribution >= 4 is 48.3 Å². The number of nitrogens with zero attached hydrogens (tertiary/aromatic N) is 4. The normalized spacial score (nSPS) is 11.6. The highest BCUT2D eigenvalue weighted by molar-refractivity contribution is 7.92. The Balaban J connectivity index is 1.66. The molecule has 0 fully saturated rings. The number of para-hydroxylation sites is 1. The fourth-order valence-electron chi connectivity index (χ4n) is 4.07. The van der Waals surface area contributed by atoms with Gasteiger partial charge in [-0.05, 0) is 82.0 Å². The largest absolute Gasteiger partial charge is 0.494 e. The second kappa shape index (κ2) is 11.5. The van der Waals surface area contributed by atoms with Crippen molar-refractivity contribution in [2.75, 3.05) is 50.5 Å². The number of anilines is 2. The topological polar surface area (TPSA) is 83.0 Å². The molecule has 4 aromatic rings. The molecule has 1 amide bonds. The predicted octanol–water partition coefficient (Wildman–Crippen LogP) is 5.04. The Morgan fingerprint density at radius 2 is 1.63 bits per heavy atom. The summed E-state index contributed by atoms with van der Waals surface area (Å²) in [5.41, 5.74) is 2.73. The van der Waals surface area contributed by atoms with Crippen LogP contribution in [0, 0.1) is 6.92 Å². The maximum absolute atomic E-state index is 13.7. The van der Waals surface area contributed by atoms with Gasteiger partial charge in [0, 0.05) is 19.2 Å². The number of rotatable bonds is 10. The molecule has 8 nitrogen and oxygen atoms in total. The van der Waals surface area contributed by atoms with Crippen LogP contribution >= 0.6 is 11.3 Å². The van der Waals surface area contributed by atoms with Crippen molar-refractivity contribution in [2.45, 2.75) is 18.2 Å². The molecule has 0 N–H and O–H groups in total. The quantitative estimate of drug-likeness (QED) is 0.274. The van der Waals surface area contributed by atoms with Gasteiger partial charge in [0.2, 0.25) is 0 Å². The lowest BCUT2D eigenvalue weighted by molar-refractivity contribution is 0.0986. The maximum atomic E-state index is 13.7. The van der Waals surface area contributed by atoms with E-state index in [2.05, 4.69) is 4.90 Å². The number of fused-ring (bicyclic) bond motifs is 1. The van der Waals surface area contributed by atoms with E-state index < -0.39 is 10.0 Å². The van der Waals surface area contributed by atoms with Crippen molar-refractivity contribution in [3.05, 3.63) is 77.9 Å². The summed E-state index contributed by atoms with van der Waals surface area (Å²) in [6.45, 7) is 3.28. The van der Waals surface area contributed by atoms with E-state index in [1.165, 1.54) is 34.8 Å². The Morgan fingerprint density at radius 3 is 2.26 bits per heavy atom. The van der Waals surface area contributed by atoms with Crippen LogP contribution in [0.2, 0.25) is 0 Å². The average Bonchev–Trinajstić information content (AvgIpc) is 3.37.